The van der Waals surface area contributed by atoms with E-state index in [0.29, 0.717) is 23.9 Å². The summed E-state index contributed by atoms with van der Waals surface area (Å²) in [5.74, 6) is -0.912. The van der Waals surface area contributed by atoms with E-state index in [1.54, 1.807) is 0 Å². The van der Waals surface area contributed by atoms with Gasteiger partial charge in [0.25, 0.3) is 0 Å². The van der Waals surface area contributed by atoms with Crippen molar-refractivity contribution in [3.05, 3.63) is 255 Å². The Kier molecular flexibility index (Phi) is 66.0. The number of rotatable bonds is 61. The monoisotopic (exact) mass is 1310 g/mol. The van der Waals surface area contributed by atoms with Crippen LogP contribution in [0.5, 0.6) is 0 Å². The second-order valence-electron chi connectivity index (χ2n) is 23.4. The van der Waals surface area contributed by atoms with Gasteiger partial charge in [0.15, 0.2) is 6.10 Å². The van der Waals surface area contributed by atoms with Crippen LogP contribution in [-0.4, -0.2) is 74.9 Å². The van der Waals surface area contributed by atoms with Crippen LogP contribution in [-0.2, 0) is 32.7 Å². The van der Waals surface area contributed by atoms with Crippen molar-refractivity contribution in [1.29, 1.82) is 0 Å². The molecule has 0 rings (SSSR count). The van der Waals surface area contributed by atoms with Crippen LogP contribution in [0.1, 0.15) is 206 Å². The molecule has 9 nitrogen and oxygen atoms in total. The molecule has 2 atom stereocenters. The molecular weight excluding hydrogens is 1180 g/mol. The molecule has 0 spiro atoms. The number of carbonyl (C=O) groups excluding carboxylic acids is 2. The Morgan fingerprint density at radius 1 is 0.330 bits per heavy atom. The number of phosphoric ester groups is 1. The van der Waals surface area contributed by atoms with Gasteiger partial charge in [-0.3, -0.25) is 18.6 Å². The first-order valence-corrected chi connectivity index (χ1v) is 36.9. The SMILES string of the molecule is CC/C=C\C/C=C\C/C=C\C/C=C\C/C=C\C/C=C\C/C=C\C/C=C\C/C=C\C/C=C\C/C=C\C/C=C\CCCCC(=O)OC(COC(=O)CCCCC/C=C\C/C=C\C/C=C\C/C=C\C/C=C\C/C=C\C/C=C\C/C=C\C/C=C\CC)COP(=O)(O)OCC[N+](C)(C)C. The van der Waals surface area contributed by atoms with Crippen LogP contribution >= 0.6 is 7.82 Å². The maximum atomic E-state index is 12.9. The van der Waals surface area contributed by atoms with Gasteiger partial charge in [-0.25, -0.2) is 4.57 Å². The van der Waals surface area contributed by atoms with Gasteiger partial charge in [0.1, 0.15) is 19.8 Å². The molecule has 520 valence electrons. The molecule has 0 fully saturated rings. The zero-order chi connectivity index (χ0) is 68.3. The van der Waals surface area contributed by atoms with Crippen molar-refractivity contribution in [2.45, 2.75) is 213 Å². The first-order chi connectivity index (χ1) is 46.0. The maximum absolute atomic E-state index is 12.9. The minimum atomic E-state index is -4.43. The van der Waals surface area contributed by atoms with Crippen molar-refractivity contribution in [2.75, 3.05) is 47.5 Å². The fourth-order valence-electron chi connectivity index (χ4n) is 8.22. The molecule has 0 radical (unpaired) electrons. The maximum Gasteiger partial charge on any atom is 0.472 e. The minimum Gasteiger partial charge on any atom is -0.462 e. The van der Waals surface area contributed by atoms with E-state index in [0.717, 1.165) is 167 Å². The second-order valence-corrected chi connectivity index (χ2v) is 24.9. The molecule has 0 amide bonds. The normalized spacial score (nSPS) is 14.7. The standard InChI is InChI=1S/C84H126NO8P/c1-6-8-10-12-14-16-18-20-22-24-26-28-30-32-34-36-38-39-40-41-42-43-44-45-47-49-51-53-55-57-59-61-63-65-67-69-71-73-75-77-84(87)93-82(81-92-94(88,89)91-79-78-85(3,4)5)80-90-83(86)76-74-72-70-68-66-64-62-60-58-56-54-52-50-48-46-37-35-33-31-29-27-25-23-21-19-17-15-13-11-9-7-2/h8-11,14-17,20-23,26-29,32-35,38-39,41-42,44-46,48-49,51-52,54-55,57-58,60-61,63-64,66-67,69,82H,6-7,12-13,18-19,24-25,30-31,36-37,40,43,47,50,53,56,59,62,65,68,70-81H2,1-5H3/p+1/b10-8-,11-9-,16-14-,17-15-,22-20-,23-21-,28-26-,29-27-,34-32-,35-33-,39-38-,42-41-,45-44-,48-46-,51-49-,54-52-,57-55-,60-58-,63-61-,66-64-,69-67-. The Morgan fingerprint density at radius 3 is 0.851 bits per heavy atom. The molecule has 0 aliphatic carbocycles. The van der Waals surface area contributed by atoms with Gasteiger partial charge in [-0.1, -0.05) is 275 Å². The van der Waals surface area contributed by atoms with Gasteiger partial charge < -0.3 is 18.9 Å². The third-order valence-electron chi connectivity index (χ3n) is 13.6. The van der Waals surface area contributed by atoms with E-state index in [-0.39, 0.29) is 26.1 Å². The summed E-state index contributed by atoms with van der Waals surface area (Å²) in [5.41, 5.74) is 0. The second kappa shape index (κ2) is 70.9. The molecule has 10 heteroatoms. The number of hydrogen-bond donors (Lipinski definition) is 1. The van der Waals surface area contributed by atoms with Crippen LogP contribution in [0.4, 0.5) is 0 Å². The molecular formula is C84H127NO8P+. The van der Waals surface area contributed by atoms with Gasteiger partial charge >= 0.3 is 19.8 Å². The van der Waals surface area contributed by atoms with Crippen LogP contribution in [0.15, 0.2) is 255 Å². The van der Waals surface area contributed by atoms with Crippen LogP contribution < -0.4 is 0 Å². The average Bonchev–Trinajstić information content (AvgIpc) is 1.56. The van der Waals surface area contributed by atoms with Crippen molar-refractivity contribution in [1.82, 2.24) is 0 Å². The molecule has 0 aliphatic heterocycles. The Labute approximate surface area is 574 Å². The minimum absolute atomic E-state index is 0.00156. The number of ether oxygens (including phenoxy) is 2. The van der Waals surface area contributed by atoms with Gasteiger partial charge in [0.05, 0.1) is 27.7 Å². The van der Waals surface area contributed by atoms with E-state index >= 15 is 0 Å². The van der Waals surface area contributed by atoms with Crippen LogP contribution in [0.2, 0.25) is 0 Å². The number of hydrogen-bond acceptors (Lipinski definition) is 7. The summed E-state index contributed by atoms with van der Waals surface area (Å²) in [6, 6.07) is 0. The highest BCUT2D eigenvalue weighted by Gasteiger charge is 2.27. The molecule has 0 heterocycles. The molecule has 0 aromatic rings. The topological polar surface area (TPSA) is 108 Å². The summed E-state index contributed by atoms with van der Waals surface area (Å²) in [5, 5.41) is 0. The van der Waals surface area contributed by atoms with Gasteiger partial charge in [-0.15, -0.1) is 0 Å². The molecule has 0 aliphatic rings. The molecule has 94 heavy (non-hydrogen) atoms. The summed E-state index contributed by atoms with van der Waals surface area (Å²) in [6.45, 7) is 4.07. The van der Waals surface area contributed by atoms with Crippen molar-refractivity contribution < 1.29 is 42.1 Å². The molecule has 0 saturated carbocycles. The number of phosphoric acid groups is 1. The third kappa shape index (κ3) is 74.6. The fourth-order valence-corrected chi connectivity index (χ4v) is 8.96. The Balaban J connectivity index is 4.32. The summed E-state index contributed by atoms with van der Waals surface area (Å²) in [7, 11) is 1.38. The number of quaternary nitrogens is 1. The van der Waals surface area contributed by atoms with Gasteiger partial charge in [0, 0.05) is 12.8 Å². The quantitative estimate of drug-likeness (QED) is 0.0211. The lowest BCUT2D eigenvalue weighted by Gasteiger charge is -2.24. The lowest BCUT2D eigenvalue weighted by atomic mass is 10.1. The van der Waals surface area contributed by atoms with Crippen molar-refractivity contribution in [2.24, 2.45) is 0 Å². The number of likely N-dealkylation sites (N-methyl/N-ethyl adjacent to an activating group) is 1. The highest BCUT2D eigenvalue weighted by Crippen LogP contribution is 2.43. The lowest BCUT2D eigenvalue weighted by Crippen LogP contribution is -2.37. The summed E-state index contributed by atoms with van der Waals surface area (Å²) in [4.78, 5) is 35.8. The number of allylic oxidation sites excluding steroid dienone is 42. The summed E-state index contributed by atoms with van der Waals surface area (Å²) >= 11 is 0. The smallest absolute Gasteiger partial charge is 0.462 e. The zero-order valence-corrected chi connectivity index (χ0v) is 60.0. The highest BCUT2D eigenvalue weighted by molar-refractivity contribution is 7.47. The Morgan fingerprint density at radius 2 is 0.574 bits per heavy atom. The molecule has 0 aromatic heterocycles. The molecule has 1 N–H and O–H groups in total. The van der Waals surface area contributed by atoms with Gasteiger partial charge in [-0.2, -0.15) is 0 Å². The predicted molar refractivity (Wildman–Crippen MR) is 407 cm³/mol. The summed E-state index contributed by atoms with van der Waals surface area (Å²) in [6.07, 6.45) is 118. The third-order valence-corrected chi connectivity index (χ3v) is 14.5. The van der Waals surface area contributed by atoms with E-state index in [9.17, 15) is 19.0 Å². The van der Waals surface area contributed by atoms with Crippen molar-refractivity contribution in [3.63, 3.8) is 0 Å². The zero-order valence-electron chi connectivity index (χ0n) is 59.1. The van der Waals surface area contributed by atoms with E-state index in [2.05, 4.69) is 269 Å². The van der Waals surface area contributed by atoms with E-state index in [1.807, 2.05) is 21.1 Å². The Hall–Kier alpha value is -6.45. The molecule has 2 unspecified atom stereocenters. The van der Waals surface area contributed by atoms with Crippen LogP contribution in [0.3, 0.4) is 0 Å². The first-order valence-electron chi connectivity index (χ1n) is 35.4. The van der Waals surface area contributed by atoms with E-state index in [1.165, 1.54) is 0 Å². The number of esters is 2. The molecule has 0 aromatic carbocycles. The fraction of sp³-hybridized carbons (Fsp3) is 0.476. The number of unbranched alkanes of at least 4 members (excludes halogenated alkanes) is 5. The van der Waals surface area contributed by atoms with E-state index < -0.39 is 32.5 Å². The number of nitrogens with zero attached hydrogens (tertiary/aromatic N) is 1. The van der Waals surface area contributed by atoms with Crippen molar-refractivity contribution >= 4 is 19.8 Å². The van der Waals surface area contributed by atoms with Gasteiger partial charge in [-0.05, 0) is 173 Å². The lowest BCUT2D eigenvalue weighted by molar-refractivity contribution is -0.870. The molecule has 0 saturated heterocycles. The van der Waals surface area contributed by atoms with Crippen LogP contribution in [0.25, 0.3) is 0 Å². The number of carbonyl (C=O) groups is 2. The Bertz CT molecular complexity index is 2540. The van der Waals surface area contributed by atoms with Crippen molar-refractivity contribution in [3.8, 4) is 0 Å². The van der Waals surface area contributed by atoms with Gasteiger partial charge in [0.2, 0.25) is 0 Å². The average molecular weight is 1310 g/mol. The summed E-state index contributed by atoms with van der Waals surface area (Å²) < 4.78 is 34.6. The molecule has 0 bridgehead atoms. The van der Waals surface area contributed by atoms with Crippen LogP contribution in [0, 0.1) is 0 Å². The predicted octanol–water partition coefficient (Wildman–Crippen LogP) is 23.7. The highest BCUT2D eigenvalue weighted by atomic mass is 31.2. The largest absolute Gasteiger partial charge is 0.472 e. The first kappa shape index (κ1) is 87.5. The van der Waals surface area contributed by atoms with E-state index in [4.69, 9.17) is 18.5 Å².